The van der Waals surface area contributed by atoms with Crippen molar-refractivity contribution in [2.75, 3.05) is 14.2 Å². The van der Waals surface area contributed by atoms with Gasteiger partial charge >= 0.3 is 5.97 Å². The number of ether oxygens (including phenoxy) is 1. The number of nitrogens with zero attached hydrogens (tertiary/aromatic N) is 1. The van der Waals surface area contributed by atoms with E-state index in [0.717, 1.165) is 12.8 Å². The summed E-state index contributed by atoms with van der Waals surface area (Å²) in [5.74, 6) is 0.706. The van der Waals surface area contributed by atoms with Crippen LogP contribution in [0.25, 0.3) is 0 Å². The molecule has 0 aromatic heterocycles. The topological polar surface area (TPSA) is 46.6 Å². The zero-order valence-corrected chi connectivity index (χ0v) is 10.6. The molecule has 0 heterocycles. The van der Waals surface area contributed by atoms with E-state index >= 15 is 0 Å². The molecule has 0 N–H and O–H groups in total. The van der Waals surface area contributed by atoms with Crippen LogP contribution >= 0.6 is 0 Å². The van der Waals surface area contributed by atoms with E-state index in [1.807, 2.05) is 0 Å². The van der Waals surface area contributed by atoms with Gasteiger partial charge < -0.3 is 9.64 Å². The van der Waals surface area contributed by atoms with E-state index in [4.69, 9.17) is 0 Å². The van der Waals surface area contributed by atoms with E-state index in [0.29, 0.717) is 11.8 Å². The Morgan fingerprint density at radius 3 is 2.53 bits per heavy atom. The number of carbonyl (C=O) groups is 2. The van der Waals surface area contributed by atoms with E-state index in [1.165, 1.54) is 12.0 Å². The number of rotatable bonds is 3. The van der Waals surface area contributed by atoms with E-state index in [1.54, 1.807) is 14.0 Å². The molecule has 1 amide bonds. The molecule has 0 unspecified atom stereocenters. The van der Waals surface area contributed by atoms with Crippen LogP contribution in [0.15, 0.2) is 12.2 Å². The second-order valence-corrected chi connectivity index (χ2v) is 5.04. The number of hydrogen-bond acceptors (Lipinski definition) is 3. The van der Waals surface area contributed by atoms with Crippen molar-refractivity contribution in [3.63, 3.8) is 0 Å². The Labute approximate surface area is 102 Å². The Bertz CT molecular complexity index is 364. The van der Waals surface area contributed by atoms with Crippen LogP contribution in [0.3, 0.4) is 0 Å². The van der Waals surface area contributed by atoms with Gasteiger partial charge in [-0.2, -0.15) is 0 Å². The zero-order valence-electron chi connectivity index (χ0n) is 10.6. The number of likely N-dealkylation sites (N-methyl/N-ethyl adjacent to an activating group) is 1. The van der Waals surface area contributed by atoms with Crippen molar-refractivity contribution in [2.24, 2.45) is 17.8 Å². The maximum absolute atomic E-state index is 12.3. The first-order valence-electron chi connectivity index (χ1n) is 6.07. The standard InChI is InChI=1S/C13H19NO3/c1-8(13(16)17-3)14(2)12(15)11-7-9-4-5-10(11)6-9/h4-5,8-11H,6-7H2,1-3H3/t8-,9+,10-,11-/m0/s1. The number of carbonyl (C=O) groups excluding carboxylic acids is 2. The Kier molecular flexibility index (Phi) is 3.22. The number of esters is 1. The molecular formula is C13H19NO3. The fourth-order valence-electron chi connectivity index (χ4n) is 2.85. The fourth-order valence-corrected chi connectivity index (χ4v) is 2.85. The number of methoxy groups -OCH3 is 1. The number of amides is 1. The third-order valence-corrected chi connectivity index (χ3v) is 4.07. The van der Waals surface area contributed by atoms with Crippen LogP contribution in [-0.4, -0.2) is 37.0 Å². The molecule has 2 aliphatic carbocycles. The largest absolute Gasteiger partial charge is 0.467 e. The van der Waals surface area contributed by atoms with Crippen molar-refractivity contribution in [1.29, 1.82) is 0 Å². The van der Waals surface area contributed by atoms with Gasteiger partial charge in [0.05, 0.1) is 7.11 Å². The lowest BCUT2D eigenvalue weighted by atomic mass is 9.92. The molecule has 0 radical (unpaired) electrons. The minimum Gasteiger partial charge on any atom is -0.467 e. The molecule has 4 nitrogen and oxygen atoms in total. The van der Waals surface area contributed by atoms with Gasteiger partial charge in [-0.25, -0.2) is 4.79 Å². The van der Waals surface area contributed by atoms with Gasteiger partial charge in [-0.05, 0) is 31.6 Å². The highest BCUT2D eigenvalue weighted by molar-refractivity contribution is 5.86. The fraction of sp³-hybridized carbons (Fsp3) is 0.692. The summed E-state index contributed by atoms with van der Waals surface area (Å²) in [5, 5.41) is 0. The van der Waals surface area contributed by atoms with Crippen LogP contribution in [0.5, 0.6) is 0 Å². The summed E-state index contributed by atoms with van der Waals surface area (Å²) < 4.78 is 4.66. The first kappa shape index (κ1) is 12.1. The van der Waals surface area contributed by atoms with Gasteiger partial charge in [-0.15, -0.1) is 0 Å². The van der Waals surface area contributed by atoms with E-state index < -0.39 is 6.04 Å². The predicted molar refractivity (Wildman–Crippen MR) is 63.1 cm³/mol. The number of allylic oxidation sites excluding steroid dienone is 2. The van der Waals surface area contributed by atoms with Gasteiger partial charge in [-0.1, -0.05) is 12.2 Å². The van der Waals surface area contributed by atoms with Crippen LogP contribution in [0.4, 0.5) is 0 Å². The lowest BCUT2D eigenvalue weighted by Crippen LogP contribution is -2.44. The van der Waals surface area contributed by atoms with Crippen molar-refractivity contribution in [3.8, 4) is 0 Å². The molecule has 0 spiro atoms. The molecule has 0 aromatic carbocycles. The normalized spacial score (nSPS) is 31.4. The summed E-state index contributed by atoms with van der Waals surface area (Å²) in [6.07, 6.45) is 6.38. The molecule has 2 rings (SSSR count). The summed E-state index contributed by atoms with van der Waals surface area (Å²) in [6.45, 7) is 1.70. The molecule has 1 saturated carbocycles. The maximum atomic E-state index is 12.3. The van der Waals surface area contributed by atoms with Gasteiger partial charge in [-0.3, -0.25) is 4.79 Å². The van der Waals surface area contributed by atoms with Gasteiger partial charge in [0.2, 0.25) is 5.91 Å². The average Bonchev–Trinajstić information content (AvgIpc) is 2.97. The molecule has 0 aromatic rings. The summed E-state index contributed by atoms with van der Waals surface area (Å²) in [5.41, 5.74) is 0. The number of hydrogen-bond donors (Lipinski definition) is 0. The quantitative estimate of drug-likeness (QED) is 0.547. The third-order valence-electron chi connectivity index (χ3n) is 4.07. The maximum Gasteiger partial charge on any atom is 0.328 e. The van der Waals surface area contributed by atoms with Crippen LogP contribution < -0.4 is 0 Å². The van der Waals surface area contributed by atoms with Gasteiger partial charge in [0.15, 0.2) is 0 Å². The molecule has 2 aliphatic rings. The first-order valence-corrected chi connectivity index (χ1v) is 6.07. The summed E-state index contributed by atoms with van der Waals surface area (Å²) in [6, 6.07) is -0.504. The van der Waals surface area contributed by atoms with Crippen LogP contribution in [0.2, 0.25) is 0 Å². The molecule has 4 heteroatoms. The van der Waals surface area contributed by atoms with E-state index in [2.05, 4.69) is 16.9 Å². The molecule has 1 fully saturated rings. The van der Waals surface area contributed by atoms with Crippen molar-refractivity contribution in [3.05, 3.63) is 12.2 Å². The lowest BCUT2D eigenvalue weighted by Gasteiger charge is -2.28. The Morgan fingerprint density at radius 1 is 1.35 bits per heavy atom. The van der Waals surface area contributed by atoms with Gasteiger partial charge in [0, 0.05) is 13.0 Å². The Hall–Kier alpha value is -1.32. The molecular weight excluding hydrogens is 218 g/mol. The highest BCUT2D eigenvalue weighted by Crippen LogP contribution is 2.44. The first-order chi connectivity index (χ1) is 8.04. The zero-order chi connectivity index (χ0) is 12.6. The second kappa shape index (κ2) is 4.51. The summed E-state index contributed by atoms with van der Waals surface area (Å²) >= 11 is 0. The second-order valence-electron chi connectivity index (χ2n) is 5.04. The average molecular weight is 237 g/mol. The number of fused-ring (bicyclic) bond motifs is 2. The monoisotopic (exact) mass is 237 g/mol. The molecule has 4 atom stereocenters. The van der Waals surface area contributed by atoms with E-state index in [-0.39, 0.29) is 17.8 Å². The molecule has 94 valence electrons. The van der Waals surface area contributed by atoms with Gasteiger partial charge in [0.25, 0.3) is 0 Å². The summed E-state index contributed by atoms with van der Waals surface area (Å²) in [4.78, 5) is 25.2. The highest BCUT2D eigenvalue weighted by atomic mass is 16.5. The SMILES string of the molecule is COC(=O)[C@H](C)N(C)C(=O)[C@H]1C[C@@H]2C=C[C@H]1C2. The molecule has 17 heavy (non-hydrogen) atoms. The van der Waals surface area contributed by atoms with Crippen LogP contribution in [0, 0.1) is 17.8 Å². The highest BCUT2D eigenvalue weighted by Gasteiger charge is 2.42. The predicted octanol–water partition coefficient (Wildman–Crippen LogP) is 1.22. The van der Waals surface area contributed by atoms with Crippen LogP contribution in [0.1, 0.15) is 19.8 Å². The van der Waals surface area contributed by atoms with Crippen molar-refractivity contribution >= 4 is 11.9 Å². The van der Waals surface area contributed by atoms with Crippen LogP contribution in [-0.2, 0) is 14.3 Å². The minimum atomic E-state index is -0.504. The Morgan fingerprint density at radius 2 is 2.06 bits per heavy atom. The molecule has 0 aliphatic heterocycles. The minimum absolute atomic E-state index is 0.0575. The van der Waals surface area contributed by atoms with E-state index in [9.17, 15) is 9.59 Å². The molecule has 2 bridgehead atoms. The van der Waals surface area contributed by atoms with Gasteiger partial charge in [0.1, 0.15) is 6.04 Å². The third kappa shape index (κ3) is 2.08. The van der Waals surface area contributed by atoms with Crippen molar-refractivity contribution < 1.29 is 14.3 Å². The molecule has 0 saturated heterocycles. The summed E-state index contributed by atoms with van der Waals surface area (Å²) in [7, 11) is 3.02. The lowest BCUT2D eigenvalue weighted by molar-refractivity contribution is -0.152. The Balaban J connectivity index is 2.00. The van der Waals surface area contributed by atoms with Crippen molar-refractivity contribution in [2.45, 2.75) is 25.8 Å². The van der Waals surface area contributed by atoms with Crippen molar-refractivity contribution in [1.82, 2.24) is 4.90 Å². The smallest absolute Gasteiger partial charge is 0.328 e.